The Hall–Kier alpha value is -3.30. The smallest absolute Gasteiger partial charge is 0.256 e. The molecule has 8 nitrogen and oxygen atoms in total. The van der Waals surface area contributed by atoms with E-state index in [4.69, 9.17) is 23.7 Å². The van der Waals surface area contributed by atoms with Gasteiger partial charge in [0, 0.05) is 11.8 Å². The summed E-state index contributed by atoms with van der Waals surface area (Å²) in [7, 11) is -0.500. The molecule has 1 fully saturated rings. The lowest BCUT2D eigenvalue weighted by Crippen LogP contribution is -2.12. The number of nitrogens with zero attached hydrogens (tertiary/aromatic N) is 1. The number of aromatic nitrogens is 1. The van der Waals surface area contributed by atoms with Crippen LogP contribution in [0, 0.1) is 0 Å². The zero-order valence-electron chi connectivity index (χ0n) is 23.0. The summed E-state index contributed by atoms with van der Waals surface area (Å²) in [5.41, 5.74) is 2.59. The molecule has 0 N–H and O–H groups in total. The van der Waals surface area contributed by atoms with Gasteiger partial charge in [-0.1, -0.05) is 44.2 Å². The van der Waals surface area contributed by atoms with E-state index in [2.05, 4.69) is 4.98 Å². The highest BCUT2D eigenvalue weighted by Gasteiger charge is 2.32. The topological polar surface area (TPSA) is 93.2 Å². The van der Waals surface area contributed by atoms with Crippen molar-refractivity contribution in [3.63, 3.8) is 0 Å². The largest absolute Gasteiger partial charge is 0.491 e. The van der Waals surface area contributed by atoms with E-state index in [9.17, 15) is 8.42 Å². The number of methoxy groups -OCH3 is 2. The third-order valence-corrected chi connectivity index (χ3v) is 8.47. The molecule has 0 aliphatic carbocycles. The first-order chi connectivity index (χ1) is 18.9. The van der Waals surface area contributed by atoms with Gasteiger partial charge in [-0.15, -0.1) is 0 Å². The van der Waals surface area contributed by atoms with Crippen LogP contribution in [0.3, 0.4) is 0 Å². The quantitative estimate of drug-likeness (QED) is 0.245. The first-order valence-electron chi connectivity index (χ1n) is 13.3. The Bertz CT molecular complexity index is 1340. The maximum absolute atomic E-state index is 13.4. The highest BCUT2D eigenvalue weighted by atomic mass is 32.2. The molecule has 0 amide bonds. The fourth-order valence-corrected chi connectivity index (χ4v) is 6.15. The van der Waals surface area contributed by atoms with Gasteiger partial charge >= 0.3 is 0 Å². The highest BCUT2D eigenvalue weighted by Crippen LogP contribution is 2.46. The van der Waals surface area contributed by atoms with Crippen molar-refractivity contribution < 1.29 is 32.1 Å². The summed E-state index contributed by atoms with van der Waals surface area (Å²) in [4.78, 5) is 4.49. The number of rotatable bonds is 13. The predicted molar refractivity (Wildman–Crippen MR) is 148 cm³/mol. The lowest BCUT2D eigenvalue weighted by molar-refractivity contribution is 0.0433. The van der Waals surface area contributed by atoms with E-state index in [1.54, 1.807) is 26.5 Å². The van der Waals surface area contributed by atoms with Gasteiger partial charge in [0.1, 0.15) is 11.5 Å². The van der Waals surface area contributed by atoms with Crippen molar-refractivity contribution >= 4 is 9.84 Å². The molecule has 1 aromatic heterocycles. The zero-order valence-corrected chi connectivity index (χ0v) is 23.8. The van der Waals surface area contributed by atoms with Crippen LogP contribution in [0.2, 0.25) is 0 Å². The van der Waals surface area contributed by atoms with E-state index in [1.165, 1.54) is 0 Å². The van der Waals surface area contributed by atoms with Crippen LogP contribution in [0.15, 0.2) is 59.6 Å². The molecule has 1 aliphatic heterocycles. The Balaban J connectivity index is 1.70. The van der Waals surface area contributed by atoms with Gasteiger partial charge in [-0.25, -0.2) is 13.4 Å². The predicted octanol–water partition coefficient (Wildman–Crippen LogP) is 6.24. The average Bonchev–Trinajstić information content (AvgIpc) is 3.45. The van der Waals surface area contributed by atoms with E-state index in [0.717, 1.165) is 29.5 Å². The molecule has 2 heterocycles. The van der Waals surface area contributed by atoms with E-state index in [-0.39, 0.29) is 35.2 Å². The minimum Gasteiger partial charge on any atom is -0.491 e. The number of sulfone groups is 1. The lowest BCUT2D eigenvalue weighted by Gasteiger charge is -2.21. The number of benzene rings is 2. The Morgan fingerprint density at radius 3 is 2.28 bits per heavy atom. The third kappa shape index (κ3) is 6.83. The first-order valence-corrected chi connectivity index (χ1v) is 15.0. The van der Waals surface area contributed by atoms with Crippen molar-refractivity contribution in [2.24, 2.45) is 0 Å². The summed E-state index contributed by atoms with van der Waals surface area (Å²) in [5, 5.41) is 0. The fraction of sp³-hybridized carbons (Fsp3) is 0.433. The molecule has 210 valence electrons. The van der Waals surface area contributed by atoms with Crippen LogP contribution in [-0.2, 0) is 21.2 Å². The summed E-state index contributed by atoms with van der Waals surface area (Å²) in [6, 6.07) is 15.2. The number of pyridine rings is 1. The monoisotopic (exact) mass is 555 g/mol. The van der Waals surface area contributed by atoms with Gasteiger partial charge in [-0.3, -0.25) is 0 Å². The molecule has 1 aliphatic rings. The Morgan fingerprint density at radius 2 is 1.62 bits per heavy atom. The molecule has 0 spiro atoms. The second kappa shape index (κ2) is 13.2. The molecule has 39 heavy (non-hydrogen) atoms. The highest BCUT2D eigenvalue weighted by molar-refractivity contribution is 7.91. The normalized spacial score (nSPS) is 17.1. The van der Waals surface area contributed by atoms with Crippen LogP contribution in [0.1, 0.15) is 68.4 Å². The van der Waals surface area contributed by atoms with Gasteiger partial charge in [-0.05, 0) is 55.0 Å². The van der Waals surface area contributed by atoms with Gasteiger partial charge in [0.05, 0.1) is 38.8 Å². The number of ether oxygens (including phenoxy) is 5. The van der Waals surface area contributed by atoms with Crippen LogP contribution in [0.5, 0.6) is 23.1 Å². The Labute approximate surface area is 231 Å². The molecular formula is C30H37NO7S. The second-order valence-electron chi connectivity index (χ2n) is 9.46. The SMILES string of the molecule is CCCOc1c(OCc2ccccc2)cc([C@@H]2CC[C@@H](c3cnc(OC)c(OC)c3)O2)cc1S(=O)(=O)CCC. The van der Waals surface area contributed by atoms with E-state index in [0.29, 0.717) is 36.8 Å². The van der Waals surface area contributed by atoms with Crippen molar-refractivity contribution in [2.45, 2.75) is 63.2 Å². The van der Waals surface area contributed by atoms with Crippen LogP contribution < -0.4 is 18.9 Å². The van der Waals surface area contributed by atoms with E-state index < -0.39 is 9.84 Å². The van der Waals surface area contributed by atoms with Crippen molar-refractivity contribution in [1.82, 2.24) is 4.98 Å². The third-order valence-electron chi connectivity index (χ3n) is 6.55. The van der Waals surface area contributed by atoms with E-state index in [1.807, 2.05) is 56.3 Å². The molecule has 3 aromatic rings. The number of hydrogen-bond acceptors (Lipinski definition) is 8. The molecule has 0 radical (unpaired) electrons. The lowest BCUT2D eigenvalue weighted by atomic mass is 10.0. The summed E-state index contributed by atoms with van der Waals surface area (Å²) < 4.78 is 56.2. The summed E-state index contributed by atoms with van der Waals surface area (Å²) in [6.07, 6.45) is 3.86. The van der Waals surface area contributed by atoms with Crippen molar-refractivity contribution in [2.75, 3.05) is 26.6 Å². The zero-order chi connectivity index (χ0) is 27.8. The van der Waals surface area contributed by atoms with Gasteiger partial charge < -0.3 is 23.7 Å². The van der Waals surface area contributed by atoms with Gasteiger partial charge in [-0.2, -0.15) is 0 Å². The average molecular weight is 556 g/mol. The van der Waals surface area contributed by atoms with Crippen molar-refractivity contribution in [3.05, 3.63) is 71.4 Å². The molecule has 4 rings (SSSR count). The van der Waals surface area contributed by atoms with Crippen molar-refractivity contribution in [1.29, 1.82) is 0 Å². The van der Waals surface area contributed by atoms with Crippen LogP contribution in [0.4, 0.5) is 0 Å². The Kier molecular flexibility index (Phi) is 9.69. The van der Waals surface area contributed by atoms with Crippen molar-refractivity contribution in [3.8, 4) is 23.1 Å². The minimum atomic E-state index is -3.61. The molecule has 0 saturated carbocycles. The van der Waals surface area contributed by atoms with Gasteiger partial charge in [0.25, 0.3) is 5.88 Å². The molecule has 9 heteroatoms. The maximum Gasteiger partial charge on any atom is 0.256 e. The van der Waals surface area contributed by atoms with Gasteiger partial charge in [0.2, 0.25) is 0 Å². The summed E-state index contributed by atoms with van der Waals surface area (Å²) in [5.74, 6) is 1.62. The first kappa shape index (κ1) is 28.7. The molecule has 1 saturated heterocycles. The molecule has 2 aromatic carbocycles. The maximum atomic E-state index is 13.4. The summed E-state index contributed by atoms with van der Waals surface area (Å²) >= 11 is 0. The van der Waals surface area contributed by atoms with Gasteiger partial charge in [0.15, 0.2) is 27.1 Å². The molecule has 2 atom stereocenters. The standard InChI is InChI=1S/C30H37NO7S/c1-5-14-36-29-26(37-20-21-10-8-7-9-11-21)16-22(18-28(29)39(32,33)15-6-2)24-12-13-25(38-24)23-17-27(34-3)30(35-4)31-19-23/h7-11,16-19,24-25H,5-6,12-15,20H2,1-4H3/t24-,25-/m0/s1. The van der Waals surface area contributed by atoms with Crippen LogP contribution in [-0.4, -0.2) is 40.0 Å². The van der Waals surface area contributed by atoms with Crippen LogP contribution >= 0.6 is 0 Å². The van der Waals surface area contributed by atoms with Crippen LogP contribution in [0.25, 0.3) is 0 Å². The minimum absolute atomic E-state index is 0.0164. The fourth-order valence-electron chi connectivity index (χ4n) is 4.63. The molecule has 0 unspecified atom stereocenters. The molecular weight excluding hydrogens is 518 g/mol. The molecule has 0 bridgehead atoms. The number of hydrogen-bond donors (Lipinski definition) is 0. The van der Waals surface area contributed by atoms with E-state index >= 15 is 0 Å². The Morgan fingerprint density at radius 1 is 0.897 bits per heavy atom. The summed E-state index contributed by atoms with van der Waals surface area (Å²) in [6.45, 7) is 4.49. The second-order valence-corrected chi connectivity index (χ2v) is 11.5.